The molecule has 4 nitrogen and oxygen atoms in total. The van der Waals surface area contributed by atoms with Crippen molar-refractivity contribution in [3.05, 3.63) is 64.4 Å². The minimum atomic E-state index is -0.736. The Kier molecular flexibility index (Phi) is 5.96. The molecule has 28 heavy (non-hydrogen) atoms. The van der Waals surface area contributed by atoms with E-state index < -0.39 is 11.6 Å². The number of nitrogens with zero attached hydrogens (tertiary/aromatic N) is 1. The Labute approximate surface area is 170 Å². The van der Waals surface area contributed by atoms with Gasteiger partial charge in [-0.2, -0.15) is 0 Å². The van der Waals surface area contributed by atoms with Crippen LogP contribution < -0.4 is 5.32 Å². The molecule has 1 unspecified atom stereocenters. The molecular formula is C22H26ClFN2O2. The lowest BCUT2D eigenvalue weighted by molar-refractivity contribution is -0.122. The quantitative estimate of drug-likeness (QED) is 0.739. The van der Waals surface area contributed by atoms with Gasteiger partial charge in [0.15, 0.2) is 11.6 Å². The second kappa shape index (κ2) is 8.10. The third-order valence-electron chi connectivity index (χ3n) is 5.78. The number of carbonyl (C=O) groups excluding carboxylic acids is 1. The van der Waals surface area contributed by atoms with E-state index in [2.05, 4.69) is 24.4 Å². The van der Waals surface area contributed by atoms with Crippen molar-refractivity contribution in [2.75, 3.05) is 20.6 Å². The zero-order valence-electron chi connectivity index (χ0n) is 16.4. The number of phenolic OH excluding ortho intramolecular Hbond substituents is 1. The molecule has 2 N–H and O–H groups in total. The highest BCUT2D eigenvalue weighted by Crippen LogP contribution is 2.53. The number of hydrogen-bond acceptors (Lipinski definition) is 3. The van der Waals surface area contributed by atoms with Gasteiger partial charge in [0.25, 0.3) is 0 Å². The van der Waals surface area contributed by atoms with E-state index in [0.717, 1.165) is 6.42 Å². The van der Waals surface area contributed by atoms with Gasteiger partial charge in [0.05, 0.1) is 5.02 Å². The molecule has 1 aliphatic rings. The van der Waals surface area contributed by atoms with Gasteiger partial charge in [-0.05, 0) is 50.2 Å². The molecule has 2 aromatic carbocycles. The Morgan fingerprint density at radius 2 is 2.04 bits per heavy atom. The Morgan fingerprint density at radius 3 is 2.64 bits per heavy atom. The first-order valence-corrected chi connectivity index (χ1v) is 9.76. The number of carbonyl (C=O) groups is 1. The molecule has 3 atom stereocenters. The van der Waals surface area contributed by atoms with Gasteiger partial charge in [-0.1, -0.05) is 48.9 Å². The molecule has 1 saturated carbocycles. The summed E-state index contributed by atoms with van der Waals surface area (Å²) in [6.45, 7) is 2.57. The fraction of sp³-hybridized carbons (Fsp3) is 0.409. The Morgan fingerprint density at radius 1 is 1.36 bits per heavy atom. The van der Waals surface area contributed by atoms with Gasteiger partial charge in [0.2, 0.25) is 5.91 Å². The van der Waals surface area contributed by atoms with E-state index in [1.165, 1.54) is 11.6 Å². The number of halogens is 2. The topological polar surface area (TPSA) is 52.6 Å². The fourth-order valence-corrected chi connectivity index (χ4v) is 3.90. The first kappa shape index (κ1) is 20.6. The van der Waals surface area contributed by atoms with Crippen LogP contribution in [0.3, 0.4) is 0 Å². The zero-order chi connectivity index (χ0) is 20.5. The van der Waals surface area contributed by atoms with Gasteiger partial charge in [-0.3, -0.25) is 4.79 Å². The van der Waals surface area contributed by atoms with Crippen molar-refractivity contribution in [3.63, 3.8) is 0 Å². The molecule has 1 amide bonds. The van der Waals surface area contributed by atoms with Crippen molar-refractivity contribution in [2.45, 2.75) is 31.2 Å². The van der Waals surface area contributed by atoms with Gasteiger partial charge in [-0.25, -0.2) is 4.39 Å². The summed E-state index contributed by atoms with van der Waals surface area (Å²) in [7, 11) is 3.83. The maximum absolute atomic E-state index is 13.7. The highest BCUT2D eigenvalue weighted by atomic mass is 35.5. The molecule has 3 rings (SSSR count). The summed E-state index contributed by atoms with van der Waals surface area (Å²) in [6.07, 6.45) is 1.35. The average Bonchev–Trinajstić information content (AvgIpc) is 3.36. The van der Waals surface area contributed by atoms with Crippen LogP contribution in [0.25, 0.3) is 0 Å². The predicted octanol–water partition coefficient (Wildman–Crippen LogP) is 3.75. The maximum Gasteiger partial charge on any atom is 0.224 e. The summed E-state index contributed by atoms with van der Waals surface area (Å²) < 4.78 is 13.7. The first-order valence-electron chi connectivity index (χ1n) is 9.39. The summed E-state index contributed by atoms with van der Waals surface area (Å²) in [5, 5.41) is 12.5. The number of nitrogens with one attached hydrogen (secondary N) is 1. The Hall–Kier alpha value is -2.11. The van der Waals surface area contributed by atoms with Gasteiger partial charge in [0, 0.05) is 23.9 Å². The molecule has 1 fully saturated rings. The molecule has 0 aromatic heterocycles. The van der Waals surface area contributed by atoms with E-state index in [4.69, 9.17) is 11.6 Å². The van der Waals surface area contributed by atoms with Crippen molar-refractivity contribution in [3.8, 4) is 5.75 Å². The summed E-state index contributed by atoms with van der Waals surface area (Å²) in [5.41, 5.74) is 1.76. The molecule has 1 aliphatic carbocycles. The minimum absolute atomic E-state index is 0.00634. The van der Waals surface area contributed by atoms with E-state index in [9.17, 15) is 14.3 Å². The van der Waals surface area contributed by atoms with Crippen LogP contribution in [0.2, 0.25) is 5.02 Å². The summed E-state index contributed by atoms with van der Waals surface area (Å²) >= 11 is 5.88. The number of benzene rings is 2. The van der Waals surface area contributed by atoms with E-state index in [1.807, 2.05) is 37.2 Å². The molecule has 2 aromatic rings. The van der Waals surface area contributed by atoms with Gasteiger partial charge in [0.1, 0.15) is 0 Å². The van der Waals surface area contributed by atoms with Crippen molar-refractivity contribution in [2.24, 2.45) is 5.92 Å². The molecule has 150 valence electrons. The largest absolute Gasteiger partial charge is 0.504 e. The molecule has 0 bridgehead atoms. The third-order valence-corrected chi connectivity index (χ3v) is 6.07. The molecule has 6 heteroatoms. The molecule has 0 saturated heterocycles. The van der Waals surface area contributed by atoms with Crippen molar-refractivity contribution >= 4 is 17.5 Å². The van der Waals surface area contributed by atoms with Crippen molar-refractivity contribution in [1.29, 1.82) is 0 Å². The number of phenols is 1. The minimum Gasteiger partial charge on any atom is -0.504 e. The van der Waals surface area contributed by atoms with Crippen LogP contribution in [0.4, 0.5) is 4.39 Å². The number of amides is 1. The number of aromatic hydroxyl groups is 1. The fourth-order valence-electron chi connectivity index (χ4n) is 3.67. The van der Waals surface area contributed by atoms with E-state index in [1.54, 1.807) is 6.07 Å². The van der Waals surface area contributed by atoms with Gasteiger partial charge < -0.3 is 15.3 Å². The summed E-state index contributed by atoms with van der Waals surface area (Å²) in [6, 6.07) is 12.9. The summed E-state index contributed by atoms with van der Waals surface area (Å²) in [5.74, 6) is -1.25. The Bertz CT molecular complexity index is 836. The van der Waals surface area contributed by atoms with Crippen LogP contribution in [-0.4, -0.2) is 42.6 Å². The standard InChI is InChI=1S/C22H26ClFN2O2/c1-22(15-7-5-4-6-8-15)12-17(22)21(28)25-13-16(26(2)3)9-14-10-18(23)20(27)19(24)11-14/h4-8,10-11,16-17,27H,9,12-13H2,1-3H3,(H,25,28)/t16?,17-,22+/m0/s1. The average molecular weight is 405 g/mol. The lowest BCUT2D eigenvalue weighted by atomic mass is 9.95. The van der Waals surface area contributed by atoms with Gasteiger partial charge in [-0.15, -0.1) is 0 Å². The van der Waals surface area contributed by atoms with Crippen LogP contribution in [0.5, 0.6) is 5.75 Å². The summed E-state index contributed by atoms with van der Waals surface area (Å²) in [4.78, 5) is 14.7. The lowest BCUT2D eigenvalue weighted by Crippen LogP contribution is -2.42. The predicted molar refractivity (Wildman–Crippen MR) is 109 cm³/mol. The smallest absolute Gasteiger partial charge is 0.224 e. The number of hydrogen-bond donors (Lipinski definition) is 2. The molecule has 0 aliphatic heterocycles. The van der Waals surface area contributed by atoms with Crippen LogP contribution in [0.1, 0.15) is 24.5 Å². The van der Waals surface area contributed by atoms with Crippen LogP contribution in [-0.2, 0) is 16.6 Å². The van der Waals surface area contributed by atoms with Crippen LogP contribution in [0, 0.1) is 11.7 Å². The third kappa shape index (κ3) is 4.31. The van der Waals surface area contributed by atoms with Crippen molar-refractivity contribution in [1.82, 2.24) is 10.2 Å². The molecule has 0 radical (unpaired) electrons. The molecule has 0 spiro atoms. The van der Waals surface area contributed by atoms with E-state index >= 15 is 0 Å². The first-order chi connectivity index (χ1) is 13.2. The number of rotatable bonds is 7. The molecule has 0 heterocycles. The van der Waals surface area contributed by atoms with E-state index in [0.29, 0.717) is 18.5 Å². The zero-order valence-corrected chi connectivity index (χ0v) is 17.1. The highest BCUT2D eigenvalue weighted by molar-refractivity contribution is 6.32. The van der Waals surface area contributed by atoms with Crippen LogP contribution in [0.15, 0.2) is 42.5 Å². The highest BCUT2D eigenvalue weighted by Gasteiger charge is 2.55. The van der Waals surface area contributed by atoms with Crippen LogP contribution >= 0.6 is 11.6 Å². The van der Waals surface area contributed by atoms with Crippen molar-refractivity contribution < 1.29 is 14.3 Å². The van der Waals surface area contributed by atoms with E-state index in [-0.39, 0.29) is 28.3 Å². The normalized spacial score (nSPS) is 22.1. The molecular weight excluding hydrogens is 379 g/mol. The number of likely N-dealkylation sites (N-methyl/N-ethyl adjacent to an activating group) is 1. The lowest BCUT2D eigenvalue weighted by Gasteiger charge is -2.25. The second-order valence-electron chi connectivity index (χ2n) is 8.01. The maximum atomic E-state index is 13.7. The SMILES string of the molecule is CN(C)C(CNC(=O)[C@@H]1C[C@]1(C)c1ccccc1)Cc1cc(F)c(O)c(Cl)c1. The Balaban J connectivity index is 1.61. The second-order valence-corrected chi connectivity index (χ2v) is 8.42. The monoisotopic (exact) mass is 404 g/mol. The van der Waals surface area contributed by atoms with Gasteiger partial charge >= 0.3 is 0 Å².